The lowest BCUT2D eigenvalue weighted by Crippen LogP contribution is -2.20. The summed E-state index contributed by atoms with van der Waals surface area (Å²) in [5.74, 6) is 1.45. The van der Waals surface area contributed by atoms with Gasteiger partial charge in [-0.15, -0.1) is 0 Å². The number of nitrogens with two attached hydrogens (primary N) is 1. The second-order valence-electron chi connectivity index (χ2n) is 6.00. The van der Waals surface area contributed by atoms with Crippen LogP contribution < -0.4 is 5.73 Å². The zero-order chi connectivity index (χ0) is 13.5. The normalized spacial score (nSPS) is 21.6. The van der Waals surface area contributed by atoms with Gasteiger partial charge < -0.3 is 5.73 Å². The lowest BCUT2D eigenvalue weighted by molar-refractivity contribution is 0.546. The predicted octanol–water partition coefficient (Wildman–Crippen LogP) is 2.70. The molecule has 3 nitrogen and oxygen atoms in total. The summed E-state index contributed by atoms with van der Waals surface area (Å²) in [5.41, 5.74) is 11.4. The van der Waals surface area contributed by atoms with Crippen molar-refractivity contribution >= 4 is 0 Å². The standard InChI is InChI=1S/C17H19N3/c18-15-6-3-7-16-14(15)10-19-17(20-16)13-8-11-4-1-2-5-12(11)9-13/h1-2,4-5,10,13,15H,3,6-9,18H2. The molecule has 0 amide bonds. The van der Waals surface area contributed by atoms with Gasteiger partial charge in [-0.05, 0) is 43.2 Å². The molecule has 4 rings (SSSR count). The molecule has 1 unspecified atom stereocenters. The Morgan fingerprint density at radius 1 is 1.10 bits per heavy atom. The number of hydrogen-bond donors (Lipinski definition) is 1. The molecule has 20 heavy (non-hydrogen) atoms. The summed E-state index contributed by atoms with van der Waals surface area (Å²) in [5, 5.41) is 0. The molecule has 2 aliphatic rings. The van der Waals surface area contributed by atoms with Crippen molar-refractivity contribution in [1.29, 1.82) is 0 Å². The van der Waals surface area contributed by atoms with Gasteiger partial charge in [0.25, 0.3) is 0 Å². The molecule has 3 heteroatoms. The molecule has 2 aromatic rings. The number of fused-ring (bicyclic) bond motifs is 2. The van der Waals surface area contributed by atoms with Crippen molar-refractivity contribution in [3.8, 4) is 0 Å². The largest absolute Gasteiger partial charge is 0.324 e. The maximum atomic E-state index is 6.14. The van der Waals surface area contributed by atoms with Gasteiger partial charge in [0.05, 0.1) is 0 Å². The van der Waals surface area contributed by atoms with E-state index in [0.29, 0.717) is 5.92 Å². The molecule has 2 aliphatic carbocycles. The van der Waals surface area contributed by atoms with Gasteiger partial charge in [0.2, 0.25) is 0 Å². The van der Waals surface area contributed by atoms with Crippen LogP contribution in [-0.2, 0) is 19.3 Å². The van der Waals surface area contributed by atoms with Gasteiger partial charge in [-0.25, -0.2) is 9.97 Å². The molecule has 1 atom stereocenters. The summed E-state index contributed by atoms with van der Waals surface area (Å²) >= 11 is 0. The van der Waals surface area contributed by atoms with E-state index in [1.165, 1.54) is 16.8 Å². The summed E-state index contributed by atoms with van der Waals surface area (Å²) < 4.78 is 0. The number of hydrogen-bond acceptors (Lipinski definition) is 3. The van der Waals surface area contributed by atoms with Crippen LogP contribution in [0.15, 0.2) is 30.5 Å². The Labute approximate surface area is 119 Å². The zero-order valence-corrected chi connectivity index (χ0v) is 11.5. The van der Waals surface area contributed by atoms with E-state index < -0.39 is 0 Å². The van der Waals surface area contributed by atoms with E-state index in [1.807, 2.05) is 6.20 Å². The van der Waals surface area contributed by atoms with Crippen LogP contribution in [0.3, 0.4) is 0 Å². The number of benzene rings is 1. The summed E-state index contributed by atoms with van der Waals surface area (Å²) in [4.78, 5) is 9.45. The highest BCUT2D eigenvalue weighted by atomic mass is 14.9. The Morgan fingerprint density at radius 2 is 1.85 bits per heavy atom. The molecule has 1 aromatic carbocycles. The molecule has 102 valence electrons. The molecular formula is C17H19N3. The Morgan fingerprint density at radius 3 is 2.60 bits per heavy atom. The van der Waals surface area contributed by atoms with Crippen molar-refractivity contribution in [2.75, 3.05) is 0 Å². The van der Waals surface area contributed by atoms with E-state index in [1.54, 1.807) is 0 Å². The van der Waals surface area contributed by atoms with Crippen molar-refractivity contribution < 1.29 is 0 Å². The average Bonchev–Trinajstić information content (AvgIpc) is 2.91. The van der Waals surface area contributed by atoms with E-state index >= 15 is 0 Å². The zero-order valence-electron chi connectivity index (χ0n) is 11.5. The Bertz CT molecular complexity index is 625. The van der Waals surface area contributed by atoms with Crippen LogP contribution >= 0.6 is 0 Å². The summed E-state index contributed by atoms with van der Waals surface area (Å²) in [6.45, 7) is 0. The fourth-order valence-electron chi connectivity index (χ4n) is 3.53. The average molecular weight is 265 g/mol. The van der Waals surface area contributed by atoms with Crippen molar-refractivity contribution in [2.24, 2.45) is 5.73 Å². The fourth-order valence-corrected chi connectivity index (χ4v) is 3.53. The Hall–Kier alpha value is -1.74. The van der Waals surface area contributed by atoms with E-state index in [-0.39, 0.29) is 6.04 Å². The molecule has 1 aromatic heterocycles. The molecule has 1 heterocycles. The van der Waals surface area contributed by atoms with Gasteiger partial charge in [0, 0.05) is 29.4 Å². The van der Waals surface area contributed by atoms with Gasteiger partial charge in [-0.1, -0.05) is 24.3 Å². The minimum atomic E-state index is 0.133. The first-order chi connectivity index (χ1) is 9.81. The van der Waals surface area contributed by atoms with Crippen LogP contribution in [0.2, 0.25) is 0 Å². The number of nitrogens with zero attached hydrogens (tertiary/aromatic N) is 2. The van der Waals surface area contributed by atoms with E-state index in [4.69, 9.17) is 10.7 Å². The number of aromatic nitrogens is 2. The monoisotopic (exact) mass is 265 g/mol. The van der Waals surface area contributed by atoms with Crippen LogP contribution in [0.25, 0.3) is 0 Å². The highest BCUT2D eigenvalue weighted by Crippen LogP contribution is 2.33. The molecule has 0 spiro atoms. The molecule has 0 radical (unpaired) electrons. The molecular weight excluding hydrogens is 246 g/mol. The maximum Gasteiger partial charge on any atom is 0.132 e. The third kappa shape index (κ3) is 1.93. The van der Waals surface area contributed by atoms with Gasteiger partial charge in [0.15, 0.2) is 0 Å². The van der Waals surface area contributed by atoms with Gasteiger partial charge in [-0.2, -0.15) is 0 Å². The number of rotatable bonds is 1. The lowest BCUT2D eigenvalue weighted by atomic mass is 9.92. The van der Waals surface area contributed by atoms with Crippen LogP contribution in [0.5, 0.6) is 0 Å². The van der Waals surface area contributed by atoms with Gasteiger partial charge in [-0.3, -0.25) is 0 Å². The van der Waals surface area contributed by atoms with Crippen LogP contribution in [0.1, 0.15) is 53.0 Å². The minimum absolute atomic E-state index is 0.133. The molecule has 0 fully saturated rings. The molecule has 0 saturated carbocycles. The third-order valence-electron chi connectivity index (χ3n) is 4.66. The second-order valence-corrected chi connectivity index (χ2v) is 6.00. The van der Waals surface area contributed by atoms with Crippen molar-refractivity contribution in [2.45, 2.75) is 44.1 Å². The molecule has 0 bridgehead atoms. The second kappa shape index (κ2) is 4.67. The quantitative estimate of drug-likeness (QED) is 0.862. The molecule has 2 N–H and O–H groups in total. The molecule has 0 saturated heterocycles. The van der Waals surface area contributed by atoms with E-state index in [2.05, 4.69) is 29.2 Å². The highest BCUT2D eigenvalue weighted by molar-refractivity contribution is 5.35. The first-order valence-corrected chi connectivity index (χ1v) is 7.49. The van der Waals surface area contributed by atoms with Crippen molar-refractivity contribution in [3.05, 3.63) is 58.7 Å². The Kier molecular flexibility index (Phi) is 2.81. The molecule has 0 aliphatic heterocycles. The Balaban J connectivity index is 1.65. The van der Waals surface area contributed by atoms with E-state index in [9.17, 15) is 0 Å². The minimum Gasteiger partial charge on any atom is -0.324 e. The lowest BCUT2D eigenvalue weighted by Gasteiger charge is -2.22. The van der Waals surface area contributed by atoms with Crippen molar-refractivity contribution in [1.82, 2.24) is 9.97 Å². The SMILES string of the molecule is NC1CCCc2nc(C3Cc4ccccc4C3)ncc21. The fraction of sp³-hybridized carbons (Fsp3) is 0.412. The van der Waals surface area contributed by atoms with Gasteiger partial charge in [0.1, 0.15) is 5.82 Å². The topological polar surface area (TPSA) is 51.8 Å². The maximum absolute atomic E-state index is 6.14. The summed E-state index contributed by atoms with van der Waals surface area (Å²) in [6.07, 6.45) is 7.38. The third-order valence-corrected chi connectivity index (χ3v) is 4.66. The van der Waals surface area contributed by atoms with Crippen LogP contribution in [0, 0.1) is 0 Å². The van der Waals surface area contributed by atoms with Crippen LogP contribution in [0.4, 0.5) is 0 Å². The first-order valence-electron chi connectivity index (χ1n) is 7.49. The van der Waals surface area contributed by atoms with Crippen molar-refractivity contribution in [3.63, 3.8) is 0 Å². The van der Waals surface area contributed by atoms with Gasteiger partial charge >= 0.3 is 0 Å². The smallest absolute Gasteiger partial charge is 0.132 e. The first kappa shape index (κ1) is 12.0. The summed E-state index contributed by atoms with van der Waals surface area (Å²) in [7, 11) is 0. The van der Waals surface area contributed by atoms with Crippen LogP contribution in [-0.4, -0.2) is 9.97 Å². The number of aryl methyl sites for hydroxylation is 1. The van der Waals surface area contributed by atoms with E-state index in [0.717, 1.165) is 43.5 Å². The summed E-state index contributed by atoms with van der Waals surface area (Å²) in [6, 6.07) is 8.82. The highest BCUT2D eigenvalue weighted by Gasteiger charge is 2.26. The predicted molar refractivity (Wildman–Crippen MR) is 78.5 cm³/mol.